The lowest BCUT2D eigenvalue weighted by molar-refractivity contribution is -0.143. The molecule has 0 atom stereocenters. The van der Waals surface area contributed by atoms with Gasteiger partial charge < -0.3 is 24.1 Å². The van der Waals surface area contributed by atoms with E-state index in [0.717, 1.165) is 50.7 Å². The molecule has 0 saturated carbocycles. The van der Waals surface area contributed by atoms with E-state index >= 15 is 0 Å². The summed E-state index contributed by atoms with van der Waals surface area (Å²) in [6.07, 6.45) is 14.0. The van der Waals surface area contributed by atoms with Crippen LogP contribution in [0.4, 0.5) is 0 Å². The highest BCUT2D eigenvalue weighted by molar-refractivity contribution is 5.69. The van der Waals surface area contributed by atoms with Gasteiger partial charge in [0.05, 0.1) is 19.7 Å². The summed E-state index contributed by atoms with van der Waals surface area (Å²) in [6, 6.07) is 0. The molecular weight excluding hydrogens is 490 g/mol. The first-order valence-electron chi connectivity index (χ1n) is 15.0. The third kappa shape index (κ3) is 9.43. The molecule has 0 aromatic carbocycles. The number of hydrogen-bond acceptors (Lipinski definition) is 7. The molecule has 1 N–H and O–H groups in total. The fourth-order valence-electron chi connectivity index (χ4n) is 6.33. The maximum Gasteiger partial charge on any atom is 0.305 e. The lowest BCUT2D eigenvalue weighted by Crippen LogP contribution is -2.44. The third-order valence-electron chi connectivity index (χ3n) is 8.26. The molecule has 2 saturated heterocycles. The second kappa shape index (κ2) is 13.9. The number of aromatic amines is 1. The van der Waals surface area contributed by atoms with E-state index in [0.29, 0.717) is 30.4 Å². The number of rotatable bonds is 14. The maximum atomic E-state index is 11.8. The number of aryl methyl sites for hydroxylation is 1. The number of nitrogens with zero attached hydrogens (tertiary/aromatic N) is 6. The average molecular weight is 542 g/mol. The lowest BCUT2D eigenvalue weighted by Gasteiger charge is -2.41. The summed E-state index contributed by atoms with van der Waals surface area (Å²) in [7, 11) is 0. The largest absolute Gasteiger partial charge is 0.466 e. The molecule has 0 aliphatic carbocycles. The van der Waals surface area contributed by atoms with Crippen molar-refractivity contribution in [3.05, 3.63) is 36.4 Å². The second-order valence-electron chi connectivity index (χ2n) is 12.9. The average Bonchev–Trinajstić information content (AvgIpc) is 3.63. The zero-order chi connectivity index (χ0) is 27.7. The predicted octanol–water partition coefficient (Wildman–Crippen LogP) is 4.18. The molecule has 9 heteroatoms. The Balaban J connectivity index is 1.22. The Morgan fingerprint density at radius 1 is 1.05 bits per heavy atom. The first kappa shape index (κ1) is 29.7. The minimum Gasteiger partial charge on any atom is -0.466 e. The van der Waals surface area contributed by atoms with Crippen LogP contribution in [-0.4, -0.2) is 92.6 Å². The van der Waals surface area contributed by atoms with Crippen molar-refractivity contribution >= 4 is 5.97 Å². The van der Waals surface area contributed by atoms with Crippen molar-refractivity contribution < 1.29 is 9.53 Å². The van der Waals surface area contributed by atoms with Crippen LogP contribution in [0.1, 0.15) is 77.9 Å². The fraction of sp³-hybridized carbons (Fsp3) is 0.767. The van der Waals surface area contributed by atoms with Gasteiger partial charge in [0.15, 0.2) is 0 Å². The molecule has 2 fully saturated rings. The molecule has 4 rings (SSSR count). The zero-order valence-electron chi connectivity index (χ0n) is 24.8. The number of carbonyl (C=O) groups is 1. The van der Waals surface area contributed by atoms with Crippen LogP contribution >= 0.6 is 0 Å². The number of ether oxygens (including phenoxy) is 1. The van der Waals surface area contributed by atoms with E-state index in [-0.39, 0.29) is 5.97 Å². The van der Waals surface area contributed by atoms with E-state index in [1.165, 1.54) is 52.0 Å². The van der Waals surface area contributed by atoms with Crippen molar-refractivity contribution in [1.82, 2.24) is 34.2 Å². The Morgan fingerprint density at radius 3 is 2.51 bits per heavy atom. The van der Waals surface area contributed by atoms with Crippen LogP contribution in [0.2, 0.25) is 0 Å². The molecule has 4 heterocycles. The van der Waals surface area contributed by atoms with Crippen molar-refractivity contribution in [2.24, 2.45) is 10.8 Å². The van der Waals surface area contributed by atoms with Gasteiger partial charge in [-0.05, 0) is 82.6 Å². The number of aromatic nitrogens is 4. The first-order valence-corrected chi connectivity index (χ1v) is 15.0. The van der Waals surface area contributed by atoms with Crippen LogP contribution in [0.5, 0.6) is 0 Å². The van der Waals surface area contributed by atoms with Crippen molar-refractivity contribution in [3.63, 3.8) is 0 Å². The summed E-state index contributed by atoms with van der Waals surface area (Å²) in [4.78, 5) is 31.8. The summed E-state index contributed by atoms with van der Waals surface area (Å²) in [6.45, 7) is 19.9. The summed E-state index contributed by atoms with van der Waals surface area (Å²) in [5.41, 5.74) is 0.932. The van der Waals surface area contributed by atoms with Crippen molar-refractivity contribution in [2.75, 3.05) is 52.4 Å². The Kier molecular flexibility index (Phi) is 10.6. The number of imidazole rings is 2. The molecule has 218 valence electrons. The molecule has 0 bridgehead atoms. The monoisotopic (exact) mass is 541 g/mol. The zero-order valence-corrected chi connectivity index (χ0v) is 24.8. The summed E-state index contributed by atoms with van der Waals surface area (Å²) < 4.78 is 7.40. The molecule has 1 spiro atoms. The predicted molar refractivity (Wildman–Crippen MR) is 154 cm³/mol. The standard InChI is InChI=1S/C30H51N7O2/c1-5-39-28(38)8-6-15-36(22-26-31-12-13-32-26)23-27-33-14-21-37(27)17-7-16-34-18-9-30(25-34)10-19-35(20-11-30)24-29(2,3)4/h12-14,21H,5-11,15-20,22-25H2,1-4H3,(H,31,32). The summed E-state index contributed by atoms with van der Waals surface area (Å²) in [5, 5.41) is 0. The lowest BCUT2D eigenvalue weighted by atomic mass is 9.77. The third-order valence-corrected chi connectivity index (χ3v) is 8.26. The van der Waals surface area contributed by atoms with Crippen LogP contribution < -0.4 is 0 Å². The molecule has 39 heavy (non-hydrogen) atoms. The van der Waals surface area contributed by atoms with Gasteiger partial charge in [-0.25, -0.2) is 9.97 Å². The van der Waals surface area contributed by atoms with E-state index < -0.39 is 0 Å². The topological polar surface area (TPSA) is 82.5 Å². The van der Waals surface area contributed by atoms with E-state index in [1.54, 1.807) is 6.20 Å². The molecule has 0 amide bonds. The SMILES string of the molecule is CCOC(=O)CCCN(Cc1ncc[nH]1)Cc1nccn1CCCN1CCC2(CCN(CC(C)(C)C)CC2)C1. The normalized spacial score (nSPS) is 18.4. The van der Waals surface area contributed by atoms with E-state index in [2.05, 4.69) is 61.2 Å². The first-order chi connectivity index (χ1) is 18.7. The van der Waals surface area contributed by atoms with Crippen molar-refractivity contribution in [3.8, 4) is 0 Å². The molecule has 2 aliphatic rings. The minimum atomic E-state index is -0.129. The molecule has 0 radical (unpaired) electrons. The van der Waals surface area contributed by atoms with Crippen LogP contribution in [0.3, 0.4) is 0 Å². The summed E-state index contributed by atoms with van der Waals surface area (Å²) in [5.74, 6) is 1.87. The maximum absolute atomic E-state index is 11.8. The second-order valence-corrected chi connectivity index (χ2v) is 12.9. The Morgan fingerprint density at radius 2 is 1.82 bits per heavy atom. The van der Waals surface area contributed by atoms with Crippen LogP contribution in [0.25, 0.3) is 0 Å². The Hall–Kier alpha value is -2.23. The van der Waals surface area contributed by atoms with Gasteiger partial charge in [-0.1, -0.05) is 20.8 Å². The fourth-order valence-corrected chi connectivity index (χ4v) is 6.33. The number of piperidine rings is 1. The highest BCUT2D eigenvalue weighted by Crippen LogP contribution is 2.40. The number of carbonyl (C=O) groups excluding carboxylic acids is 1. The highest BCUT2D eigenvalue weighted by atomic mass is 16.5. The van der Waals surface area contributed by atoms with Gasteiger partial charge in [0, 0.05) is 50.8 Å². The van der Waals surface area contributed by atoms with Gasteiger partial charge in [0.2, 0.25) is 0 Å². The summed E-state index contributed by atoms with van der Waals surface area (Å²) >= 11 is 0. The Labute approximate surface area is 235 Å². The molecule has 9 nitrogen and oxygen atoms in total. The number of H-pyrrole nitrogens is 1. The van der Waals surface area contributed by atoms with Crippen LogP contribution in [0, 0.1) is 10.8 Å². The van der Waals surface area contributed by atoms with Crippen LogP contribution in [-0.2, 0) is 29.2 Å². The molecular formula is C30H51N7O2. The van der Waals surface area contributed by atoms with E-state index in [9.17, 15) is 4.79 Å². The quantitative estimate of drug-likeness (QED) is 0.359. The smallest absolute Gasteiger partial charge is 0.305 e. The van der Waals surface area contributed by atoms with Gasteiger partial charge in [-0.3, -0.25) is 9.69 Å². The van der Waals surface area contributed by atoms with Crippen molar-refractivity contribution in [1.29, 1.82) is 0 Å². The Bertz CT molecular complexity index is 989. The number of nitrogens with one attached hydrogen (secondary N) is 1. The molecule has 2 aliphatic heterocycles. The van der Waals surface area contributed by atoms with Gasteiger partial charge in [-0.2, -0.15) is 0 Å². The van der Waals surface area contributed by atoms with Gasteiger partial charge in [0.1, 0.15) is 11.6 Å². The molecule has 2 aromatic heterocycles. The molecule has 2 aromatic rings. The highest BCUT2D eigenvalue weighted by Gasteiger charge is 2.40. The number of esters is 1. The number of likely N-dealkylation sites (tertiary alicyclic amines) is 2. The van der Waals surface area contributed by atoms with Crippen LogP contribution in [0.15, 0.2) is 24.8 Å². The van der Waals surface area contributed by atoms with Gasteiger partial charge in [0.25, 0.3) is 0 Å². The molecule has 0 unspecified atom stereocenters. The van der Waals surface area contributed by atoms with E-state index in [4.69, 9.17) is 4.74 Å². The van der Waals surface area contributed by atoms with Gasteiger partial charge >= 0.3 is 5.97 Å². The number of hydrogen-bond donors (Lipinski definition) is 1. The van der Waals surface area contributed by atoms with Crippen molar-refractivity contribution in [2.45, 2.75) is 85.9 Å². The van der Waals surface area contributed by atoms with Gasteiger partial charge in [-0.15, -0.1) is 0 Å². The minimum absolute atomic E-state index is 0.129. The van der Waals surface area contributed by atoms with E-state index in [1.807, 2.05) is 19.3 Å².